The number of nitrogens with one attached hydrogen (secondary N) is 1. The molecule has 2 aliphatic rings. The van der Waals surface area contributed by atoms with Gasteiger partial charge in [0.1, 0.15) is 0 Å². The average molecular weight is 281 g/mol. The maximum atomic E-state index is 12.1. The lowest BCUT2D eigenvalue weighted by Gasteiger charge is -2.31. The van der Waals surface area contributed by atoms with Gasteiger partial charge in [0.15, 0.2) is 0 Å². The first kappa shape index (κ1) is 15.8. The lowest BCUT2D eigenvalue weighted by molar-refractivity contribution is -0.130. The van der Waals surface area contributed by atoms with Gasteiger partial charge in [0.2, 0.25) is 5.91 Å². The summed E-state index contributed by atoms with van der Waals surface area (Å²) < 4.78 is 0. The summed E-state index contributed by atoms with van der Waals surface area (Å²) in [5, 5.41) is 3.40. The Morgan fingerprint density at radius 2 is 1.70 bits per heavy atom. The standard InChI is InChI=1S/C16H31N3O/c1-2-18-11-7-15(8-12-18)13-17-14-16(20)19-9-5-3-4-6-10-19/h15,17H,2-14H2,1H3. The highest BCUT2D eigenvalue weighted by Crippen LogP contribution is 2.15. The fourth-order valence-electron chi connectivity index (χ4n) is 3.32. The molecule has 20 heavy (non-hydrogen) atoms. The first-order valence-corrected chi connectivity index (χ1v) is 8.50. The van der Waals surface area contributed by atoms with Crippen molar-refractivity contribution in [3.63, 3.8) is 0 Å². The van der Waals surface area contributed by atoms with E-state index in [0.717, 1.165) is 25.6 Å². The summed E-state index contributed by atoms with van der Waals surface area (Å²) in [6.07, 6.45) is 7.49. The van der Waals surface area contributed by atoms with E-state index in [0.29, 0.717) is 12.5 Å². The molecule has 4 heteroatoms. The second-order valence-corrected chi connectivity index (χ2v) is 6.30. The molecule has 2 heterocycles. The van der Waals surface area contributed by atoms with Crippen LogP contribution in [0.15, 0.2) is 0 Å². The highest BCUT2D eigenvalue weighted by molar-refractivity contribution is 5.78. The largest absolute Gasteiger partial charge is 0.342 e. The summed E-state index contributed by atoms with van der Waals surface area (Å²) in [6.45, 7) is 9.34. The van der Waals surface area contributed by atoms with Gasteiger partial charge in [0.05, 0.1) is 6.54 Å². The minimum absolute atomic E-state index is 0.304. The van der Waals surface area contributed by atoms with Crippen LogP contribution in [0, 0.1) is 5.92 Å². The molecule has 0 aromatic heterocycles. The number of likely N-dealkylation sites (tertiary alicyclic amines) is 2. The van der Waals surface area contributed by atoms with Crippen molar-refractivity contribution >= 4 is 5.91 Å². The van der Waals surface area contributed by atoms with Crippen molar-refractivity contribution in [3.8, 4) is 0 Å². The zero-order chi connectivity index (χ0) is 14.2. The van der Waals surface area contributed by atoms with E-state index in [4.69, 9.17) is 0 Å². The molecule has 0 radical (unpaired) electrons. The SMILES string of the molecule is CCN1CCC(CNCC(=O)N2CCCCCC2)CC1. The van der Waals surface area contributed by atoms with E-state index in [2.05, 4.69) is 22.0 Å². The number of hydrogen-bond acceptors (Lipinski definition) is 3. The highest BCUT2D eigenvalue weighted by atomic mass is 16.2. The fourth-order valence-corrected chi connectivity index (χ4v) is 3.32. The Bertz CT molecular complexity index is 279. The third kappa shape index (κ3) is 5.06. The molecule has 1 amide bonds. The predicted molar refractivity (Wildman–Crippen MR) is 82.8 cm³/mol. The summed E-state index contributed by atoms with van der Waals surface area (Å²) in [6, 6.07) is 0. The van der Waals surface area contributed by atoms with Crippen LogP contribution in [0.1, 0.15) is 45.4 Å². The van der Waals surface area contributed by atoms with Crippen LogP contribution in [-0.4, -0.2) is 61.5 Å². The van der Waals surface area contributed by atoms with Gasteiger partial charge in [-0.1, -0.05) is 19.8 Å². The zero-order valence-electron chi connectivity index (χ0n) is 13.1. The van der Waals surface area contributed by atoms with Gasteiger partial charge in [-0.15, -0.1) is 0 Å². The third-order valence-electron chi connectivity index (χ3n) is 4.82. The van der Waals surface area contributed by atoms with Crippen LogP contribution in [0.2, 0.25) is 0 Å². The second kappa shape index (κ2) is 8.63. The molecule has 2 fully saturated rings. The monoisotopic (exact) mass is 281 g/mol. The van der Waals surface area contributed by atoms with E-state index in [-0.39, 0.29) is 0 Å². The Labute approximate surface area is 123 Å². The molecule has 116 valence electrons. The van der Waals surface area contributed by atoms with Gasteiger partial charge >= 0.3 is 0 Å². The Hall–Kier alpha value is -0.610. The lowest BCUT2D eigenvalue weighted by Crippen LogP contribution is -2.42. The Balaban J connectivity index is 1.59. The highest BCUT2D eigenvalue weighted by Gasteiger charge is 2.19. The van der Waals surface area contributed by atoms with Crippen molar-refractivity contribution in [1.29, 1.82) is 0 Å². The predicted octanol–water partition coefficient (Wildman–Crippen LogP) is 1.71. The summed E-state index contributed by atoms with van der Waals surface area (Å²) in [4.78, 5) is 16.7. The number of carbonyl (C=O) groups is 1. The number of carbonyl (C=O) groups excluding carboxylic acids is 1. The molecule has 0 bridgehead atoms. The lowest BCUT2D eigenvalue weighted by atomic mass is 9.97. The van der Waals surface area contributed by atoms with Crippen LogP contribution >= 0.6 is 0 Å². The molecule has 0 unspecified atom stereocenters. The van der Waals surface area contributed by atoms with Crippen molar-refractivity contribution in [2.45, 2.75) is 45.4 Å². The summed E-state index contributed by atoms with van der Waals surface area (Å²) in [5.41, 5.74) is 0. The maximum absolute atomic E-state index is 12.1. The minimum Gasteiger partial charge on any atom is -0.342 e. The van der Waals surface area contributed by atoms with Gasteiger partial charge < -0.3 is 15.1 Å². The average Bonchev–Trinajstić information content (AvgIpc) is 2.77. The van der Waals surface area contributed by atoms with Crippen molar-refractivity contribution in [3.05, 3.63) is 0 Å². The van der Waals surface area contributed by atoms with E-state index >= 15 is 0 Å². The smallest absolute Gasteiger partial charge is 0.236 e. The zero-order valence-corrected chi connectivity index (χ0v) is 13.1. The van der Waals surface area contributed by atoms with Gasteiger partial charge in [0.25, 0.3) is 0 Å². The Kier molecular flexibility index (Phi) is 6.80. The van der Waals surface area contributed by atoms with Crippen LogP contribution in [0.4, 0.5) is 0 Å². The third-order valence-corrected chi connectivity index (χ3v) is 4.82. The van der Waals surface area contributed by atoms with E-state index in [9.17, 15) is 4.79 Å². The molecule has 4 nitrogen and oxygen atoms in total. The van der Waals surface area contributed by atoms with E-state index in [1.54, 1.807) is 0 Å². The van der Waals surface area contributed by atoms with Crippen molar-refractivity contribution in [1.82, 2.24) is 15.1 Å². The molecule has 0 aliphatic carbocycles. The van der Waals surface area contributed by atoms with Gasteiger partial charge in [-0.25, -0.2) is 0 Å². The summed E-state index contributed by atoms with van der Waals surface area (Å²) in [5.74, 6) is 1.06. The van der Waals surface area contributed by atoms with Crippen LogP contribution in [-0.2, 0) is 4.79 Å². The number of hydrogen-bond donors (Lipinski definition) is 1. The van der Waals surface area contributed by atoms with E-state index < -0.39 is 0 Å². The quantitative estimate of drug-likeness (QED) is 0.833. The molecule has 0 aromatic rings. The maximum Gasteiger partial charge on any atom is 0.236 e. The number of nitrogens with zero attached hydrogens (tertiary/aromatic N) is 2. The van der Waals surface area contributed by atoms with Crippen molar-refractivity contribution in [2.24, 2.45) is 5.92 Å². The molecule has 0 spiro atoms. The van der Waals surface area contributed by atoms with Gasteiger partial charge in [0, 0.05) is 13.1 Å². The minimum atomic E-state index is 0.304. The fraction of sp³-hybridized carbons (Fsp3) is 0.938. The molecule has 2 saturated heterocycles. The van der Waals surface area contributed by atoms with Crippen molar-refractivity contribution in [2.75, 3.05) is 45.8 Å². The molecular weight excluding hydrogens is 250 g/mol. The molecule has 2 rings (SSSR count). The van der Waals surface area contributed by atoms with Crippen molar-refractivity contribution < 1.29 is 4.79 Å². The van der Waals surface area contributed by atoms with Gasteiger partial charge in [-0.2, -0.15) is 0 Å². The molecular formula is C16H31N3O. The molecule has 2 aliphatic heterocycles. The molecule has 1 N–H and O–H groups in total. The second-order valence-electron chi connectivity index (χ2n) is 6.30. The normalized spacial score (nSPS) is 22.8. The molecule has 0 atom stereocenters. The summed E-state index contributed by atoms with van der Waals surface area (Å²) >= 11 is 0. The molecule has 0 aromatic carbocycles. The first-order chi connectivity index (χ1) is 9.79. The summed E-state index contributed by atoms with van der Waals surface area (Å²) in [7, 11) is 0. The first-order valence-electron chi connectivity index (χ1n) is 8.50. The number of amides is 1. The molecule has 0 saturated carbocycles. The van der Waals surface area contributed by atoms with Gasteiger partial charge in [-0.05, 0) is 57.8 Å². The van der Waals surface area contributed by atoms with Crippen LogP contribution < -0.4 is 5.32 Å². The Morgan fingerprint density at radius 3 is 2.30 bits per heavy atom. The topological polar surface area (TPSA) is 35.6 Å². The van der Waals surface area contributed by atoms with Gasteiger partial charge in [-0.3, -0.25) is 4.79 Å². The Morgan fingerprint density at radius 1 is 1.05 bits per heavy atom. The van der Waals surface area contributed by atoms with Crippen LogP contribution in [0.3, 0.4) is 0 Å². The van der Waals surface area contributed by atoms with Crippen LogP contribution in [0.5, 0.6) is 0 Å². The van der Waals surface area contributed by atoms with E-state index in [1.165, 1.54) is 58.2 Å². The van der Waals surface area contributed by atoms with Crippen LogP contribution in [0.25, 0.3) is 0 Å². The van der Waals surface area contributed by atoms with E-state index in [1.807, 2.05) is 0 Å². The number of piperidine rings is 1. The number of rotatable bonds is 5.